The Bertz CT molecular complexity index is 477. The summed E-state index contributed by atoms with van der Waals surface area (Å²) in [7, 11) is 0. The van der Waals surface area contributed by atoms with E-state index in [4.69, 9.17) is 5.11 Å². The van der Waals surface area contributed by atoms with Crippen LogP contribution in [0.1, 0.15) is 62.3 Å². The average molecular weight is 298 g/mol. The molecule has 0 aliphatic heterocycles. The fraction of sp³-hybridized carbons (Fsp3) is 0.643. The zero-order chi connectivity index (χ0) is 15.3. The van der Waals surface area contributed by atoms with E-state index in [-0.39, 0.29) is 11.3 Å². The van der Waals surface area contributed by atoms with E-state index >= 15 is 0 Å². The Hall–Kier alpha value is -1.43. The summed E-state index contributed by atoms with van der Waals surface area (Å²) in [6.07, 6.45) is 2.11. The first kappa shape index (κ1) is 16.6. The summed E-state index contributed by atoms with van der Waals surface area (Å²) in [6.45, 7) is 7.92. The number of amides is 1. The molecule has 0 radical (unpaired) electrons. The van der Waals surface area contributed by atoms with Gasteiger partial charge in [-0.1, -0.05) is 40.5 Å². The van der Waals surface area contributed by atoms with Crippen LogP contribution in [0, 0.1) is 0 Å². The van der Waals surface area contributed by atoms with E-state index in [2.05, 4.69) is 10.3 Å². The van der Waals surface area contributed by atoms with Crippen LogP contribution in [-0.4, -0.2) is 28.0 Å². The molecule has 0 fully saturated rings. The third-order valence-corrected chi connectivity index (χ3v) is 3.76. The Balaban J connectivity index is 2.85. The van der Waals surface area contributed by atoms with Crippen LogP contribution in [0.3, 0.4) is 0 Å². The van der Waals surface area contributed by atoms with Crippen molar-refractivity contribution in [2.45, 2.75) is 58.4 Å². The van der Waals surface area contributed by atoms with E-state index < -0.39 is 12.0 Å². The fourth-order valence-electron chi connectivity index (χ4n) is 1.83. The van der Waals surface area contributed by atoms with Crippen molar-refractivity contribution in [1.82, 2.24) is 10.3 Å². The highest BCUT2D eigenvalue weighted by molar-refractivity contribution is 7.11. The molecule has 1 rings (SSSR count). The van der Waals surface area contributed by atoms with Crippen LogP contribution in [0.25, 0.3) is 0 Å². The molecule has 5 nitrogen and oxygen atoms in total. The number of carbonyl (C=O) groups excluding carboxylic acids is 1. The van der Waals surface area contributed by atoms with Crippen LogP contribution < -0.4 is 5.32 Å². The monoisotopic (exact) mass is 298 g/mol. The molecule has 0 aliphatic rings. The van der Waals surface area contributed by atoms with Gasteiger partial charge in [-0.15, -0.1) is 11.3 Å². The molecule has 1 aromatic rings. The van der Waals surface area contributed by atoms with Gasteiger partial charge in [0, 0.05) is 5.41 Å². The van der Waals surface area contributed by atoms with E-state index in [9.17, 15) is 9.59 Å². The third kappa shape index (κ3) is 4.30. The number of hydrogen-bond acceptors (Lipinski definition) is 4. The highest BCUT2D eigenvalue weighted by Gasteiger charge is 2.27. The minimum absolute atomic E-state index is 0.241. The summed E-state index contributed by atoms with van der Waals surface area (Å²) < 4.78 is 0. The standard InChI is InChI=1S/C14H22N2O3S/c1-5-6-7-9(13(18)19)16-12(17)10-11(14(2,3)4)15-8-20-10/h8-9H,5-7H2,1-4H3,(H,16,17)(H,18,19). The molecule has 0 bridgehead atoms. The predicted molar refractivity (Wildman–Crippen MR) is 79.2 cm³/mol. The first-order chi connectivity index (χ1) is 9.27. The molecule has 0 spiro atoms. The van der Waals surface area contributed by atoms with Gasteiger partial charge in [0.05, 0.1) is 11.2 Å². The highest BCUT2D eigenvalue weighted by atomic mass is 32.1. The average Bonchev–Trinajstić information content (AvgIpc) is 2.82. The number of aliphatic carboxylic acids is 1. The molecule has 0 aliphatic carbocycles. The molecule has 1 amide bonds. The molecular formula is C14H22N2O3S. The Morgan fingerprint density at radius 1 is 1.45 bits per heavy atom. The molecule has 112 valence electrons. The number of rotatable bonds is 6. The Labute approximate surface area is 123 Å². The topological polar surface area (TPSA) is 79.3 Å². The van der Waals surface area contributed by atoms with E-state index in [0.717, 1.165) is 12.8 Å². The minimum atomic E-state index is -0.992. The Morgan fingerprint density at radius 3 is 2.60 bits per heavy atom. The number of unbranched alkanes of at least 4 members (excludes halogenated alkanes) is 1. The number of carboxylic acid groups (broad SMARTS) is 1. The largest absolute Gasteiger partial charge is 0.480 e. The van der Waals surface area contributed by atoms with Gasteiger partial charge in [0.1, 0.15) is 10.9 Å². The minimum Gasteiger partial charge on any atom is -0.480 e. The molecule has 0 aromatic carbocycles. The smallest absolute Gasteiger partial charge is 0.326 e. The number of thiazole rings is 1. The van der Waals surface area contributed by atoms with Gasteiger partial charge in [-0.3, -0.25) is 4.79 Å². The van der Waals surface area contributed by atoms with Gasteiger partial charge >= 0.3 is 5.97 Å². The van der Waals surface area contributed by atoms with Gasteiger partial charge in [-0.05, 0) is 6.42 Å². The normalized spacial score (nSPS) is 13.0. The molecule has 1 aromatic heterocycles. The quantitative estimate of drug-likeness (QED) is 0.846. The summed E-state index contributed by atoms with van der Waals surface area (Å²) in [5.41, 5.74) is 2.09. The lowest BCUT2D eigenvalue weighted by Gasteiger charge is -2.19. The van der Waals surface area contributed by atoms with Gasteiger partial charge in [0.2, 0.25) is 0 Å². The number of carbonyl (C=O) groups is 2. The maximum absolute atomic E-state index is 12.2. The zero-order valence-electron chi connectivity index (χ0n) is 12.4. The molecule has 1 unspecified atom stereocenters. The van der Waals surface area contributed by atoms with Gasteiger partial charge in [-0.25, -0.2) is 9.78 Å². The Kier molecular flexibility index (Phi) is 5.68. The Morgan fingerprint density at radius 2 is 2.10 bits per heavy atom. The van der Waals surface area contributed by atoms with Crippen LogP contribution in [0.15, 0.2) is 5.51 Å². The molecule has 0 saturated carbocycles. The molecule has 1 heterocycles. The van der Waals surface area contributed by atoms with Gasteiger partial charge in [0.15, 0.2) is 0 Å². The van der Waals surface area contributed by atoms with Crippen molar-refractivity contribution in [3.05, 3.63) is 16.1 Å². The molecular weight excluding hydrogens is 276 g/mol. The molecule has 20 heavy (non-hydrogen) atoms. The second kappa shape index (κ2) is 6.83. The molecule has 2 N–H and O–H groups in total. The summed E-state index contributed by atoms with van der Waals surface area (Å²) in [5, 5.41) is 11.7. The third-order valence-electron chi connectivity index (χ3n) is 2.93. The first-order valence-electron chi connectivity index (χ1n) is 6.75. The van der Waals surface area contributed by atoms with Crippen LogP contribution in [0.2, 0.25) is 0 Å². The van der Waals surface area contributed by atoms with Crippen molar-refractivity contribution < 1.29 is 14.7 Å². The van der Waals surface area contributed by atoms with Crippen LogP contribution >= 0.6 is 11.3 Å². The van der Waals surface area contributed by atoms with Gasteiger partial charge in [-0.2, -0.15) is 0 Å². The lowest BCUT2D eigenvalue weighted by atomic mass is 9.91. The predicted octanol–water partition coefficient (Wildman–Crippen LogP) is 2.81. The lowest BCUT2D eigenvalue weighted by molar-refractivity contribution is -0.139. The maximum atomic E-state index is 12.2. The van der Waals surface area contributed by atoms with Crippen molar-refractivity contribution in [1.29, 1.82) is 0 Å². The van der Waals surface area contributed by atoms with Crippen molar-refractivity contribution in [3.63, 3.8) is 0 Å². The lowest BCUT2D eigenvalue weighted by Crippen LogP contribution is -2.41. The van der Waals surface area contributed by atoms with E-state index in [0.29, 0.717) is 17.0 Å². The number of nitrogens with zero attached hydrogens (tertiary/aromatic N) is 1. The van der Waals surface area contributed by atoms with Crippen molar-refractivity contribution >= 4 is 23.2 Å². The van der Waals surface area contributed by atoms with Crippen molar-refractivity contribution in [3.8, 4) is 0 Å². The van der Waals surface area contributed by atoms with Crippen LogP contribution in [-0.2, 0) is 10.2 Å². The second-order valence-corrected chi connectivity index (χ2v) is 6.64. The van der Waals surface area contributed by atoms with Crippen LogP contribution in [0.4, 0.5) is 0 Å². The number of carboxylic acids is 1. The van der Waals surface area contributed by atoms with E-state index in [1.165, 1.54) is 11.3 Å². The summed E-state index contributed by atoms with van der Waals surface area (Å²) in [5.74, 6) is -1.34. The molecule has 1 atom stereocenters. The SMILES string of the molecule is CCCCC(NC(=O)c1scnc1C(C)(C)C)C(=O)O. The number of aromatic nitrogens is 1. The molecule has 6 heteroatoms. The zero-order valence-corrected chi connectivity index (χ0v) is 13.2. The van der Waals surface area contributed by atoms with E-state index in [1.54, 1.807) is 5.51 Å². The van der Waals surface area contributed by atoms with Crippen LogP contribution in [0.5, 0.6) is 0 Å². The van der Waals surface area contributed by atoms with E-state index in [1.807, 2.05) is 27.7 Å². The van der Waals surface area contributed by atoms with Gasteiger partial charge < -0.3 is 10.4 Å². The van der Waals surface area contributed by atoms with Crippen molar-refractivity contribution in [2.75, 3.05) is 0 Å². The first-order valence-corrected chi connectivity index (χ1v) is 7.63. The summed E-state index contributed by atoms with van der Waals surface area (Å²) >= 11 is 1.25. The summed E-state index contributed by atoms with van der Waals surface area (Å²) in [4.78, 5) is 28.1. The maximum Gasteiger partial charge on any atom is 0.326 e. The van der Waals surface area contributed by atoms with Gasteiger partial charge in [0.25, 0.3) is 5.91 Å². The highest BCUT2D eigenvalue weighted by Crippen LogP contribution is 2.27. The van der Waals surface area contributed by atoms with Crippen molar-refractivity contribution in [2.24, 2.45) is 0 Å². The fourth-order valence-corrected chi connectivity index (χ4v) is 2.73. The number of nitrogens with one attached hydrogen (secondary N) is 1. The number of hydrogen-bond donors (Lipinski definition) is 2. The molecule has 0 saturated heterocycles. The summed E-state index contributed by atoms with van der Waals surface area (Å²) in [6, 6.07) is -0.836. The second-order valence-electron chi connectivity index (χ2n) is 5.79.